The van der Waals surface area contributed by atoms with E-state index in [0.29, 0.717) is 22.0 Å². The van der Waals surface area contributed by atoms with Crippen molar-refractivity contribution >= 4 is 11.6 Å². The highest BCUT2D eigenvalue weighted by atomic mass is 35.5. The Labute approximate surface area is 90.1 Å². The first-order valence-corrected chi connectivity index (χ1v) is 4.60. The first kappa shape index (κ1) is 10.1. The van der Waals surface area contributed by atoms with Gasteiger partial charge in [0.25, 0.3) is 0 Å². The Kier molecular flexibility index (Phi) is 2.70. The van der Waals surface area contributed by atoms with Crippen LogP contribution in [0, 0.1) is 5.82 Å². The highest BCUT2D eigenvalue weighted by molar-refractivity contribution is 6.30. The average Bonchev–Trinajstić information content (AvgIpc) is 2.64. The molecule has 0 aliphatic rings. The molecular weight excluding hydrogens is 221 g/mol. The van der Waals surface area contributed by atoms with Crippen molar-refractivity contribution in [3.63, 3.8) is 0 Å². The van der Waals surface area contributed by atoms with Crippen molar-refractivity contribution in [1.82, 2.24) is 5.16 Å². The summed E-state index contributed by atoms with van der Waals surface area (Å²) < 4.78 is 17.8. The summed E-state index contributed by atoms with van der Waals surface area (Å²) in [5, 5.41) is 12.7. The molecule has 0 spiro atoms. The topological polar surface area (TPSA) is 46.3 Å². The lowest BCUT2D eigenvalue weighted by Gasteiger charge is -1.96. The molecule has 0 bridgehead atoms. The Morgan fingerprint density at radius 3 is 2.73 bits per heavy atom. The van der Waals surface area contributed by atoms with Crippen LogP contribution >= 0.6 is 11.6 Å². The van der Waals surface area contributed by atoms with Gasteiger partial charge in [0.2, 0.25) is 0 Å². The van der Waals surface area contributed by atoms with E-state index in [1.165, 1.54) is 18.2 Å². The molecule has 2 aromatic rings. The van der Waals surface area contributed by atoms with E-state index in [1.54, 1.807) is 6.07 Å². The number of benzene rings is 1. The zero-order valence-electron chi connectivity index (χ0n) is 7.58. The molecule has 78 valence electrons. The molecule has 1 N–H and O–H groups in total. The molecule has 0 aliphatic heterocycles. The summed E-state index contributed by atoms with van der Waals surface area (Å²) in [6.45, 7) is -0.240. The fourth-order valence-electron chi connectivity index (χ4n) is 1.23. The predicted octanol–water partition coefficient (Wildman–Crippen LogP) is 2.63. The third-order valence-corrected chi connectivity index (χ3v) is 2.09. The minimum atomic E-state index is -0.439. The standard InChI is InChI=1S/C10H7ClFNO2/c11-7-1-6(2-8(12)3-7)10-4-9(5-14)15-13-10/h1-4,14H,5H2. The van der Waals surface area contributed by atoms with Gasteiger partial charge in [-0.1, -0.05) is 16.8 Å². The normalized spacial score (nSPS) is 10.6. The van der Waals surface area contributed by atoms with Crippen LogP contribution in [0.25, 0.3) is 11.3 Å². The van der Waals surface area contributed by atoms with Crippen molar-refractivity contribution < 1.29 is 14.0 Å². The van der Waals surface area contributed by atoms with Crippen LogP contribution in [0.5, 0.6) is 0 Å². The van der Waals surface area contributed by atoms with Crippen LogP contribution in [0.3, 0.4) is 0 Å². The zero-order valence-corrected chi connectivity index (χ0v) is 8.33. The van der Waals surface area contributed by atoms with Crippen LogP contribution < -0.4 is 0 Å². The van der Waals surface area contributed by atoms with E-state index in [9.17, 15) is 4.39 Å². The van der Waals surface area contributed by atoms with E-state index in [0.717, 1.165) is 0 Å². The second-order valence-electron chi connectivity index (χ2n) is 2.99. The van der Waals surface area contributed by atoms with Crippen molar-refractivity contribution in [2.75, 3.05) is 0 Å². The van der Waals surface area contributed by atoms with Crippen molar-refractivity contribution in [1.29, 1.82) is 0 Å². The Bertz CT molecular complexity index is 464. The number of aliphatic hydroxyl groups is 1. The summed E-state index contributed by atoms with van der Waals surface area (Å²) in [7, 11) is 0. The minimum absolute atomic E-state index is 0.240. The van der Waals surface area contributed by atoms with Crippen LogP contribution in [-0.4, -0.2) is 10.3 Å². The van der Waals surface area contributed by atoms with E-state index < -0.39 is 5.82 Å². The number of aromatic nitrogens is 1. The van der Waals surface area contributed by atoms with Crippen LogP contribution in [0.1, 0.15) is 5.76 Å². The molecule has 1 aromatic heterocycles. The predicted molar refractivity (Wildman–Crippen MR) is 52.8 cm³/mol. The molecule has 0 atom stereocenters. The highest BCUT2D eigenvalue weighted by Crippen LogP contribution is 2.24. The summed E-state index contributed by atoms with van der Waals surface area (Å²) >= 11 is 5.69. The molecule has 0 radical (unpaired) electrons. The lowest BCUT2D eigenvalue weighted by molar-refractivity contribution is 0.229. The summed E-state index contributed by atoms with van der Waals surface area (Å²) in [4.78, 5) is 0. The van der Waals surface area contributed by atoms with Gasteiger partial charge in [-0.25, -0.2) is 4.39 Å². The molecule has 5 heteroatoms. The van der Waals surface area contributed by atoms with Gasteiger partial charge < -0.3 is 9.63 Å². The molecule has 2 rings (SSSR count). The summed E-state index contributed by atoms with van der Waals surface area (Å²) in [5.74, 6) is -0.114. The van der Waals surface area contributed by atoms with E-state index in [-0.39, 0.29) is 6.61 Å². The van der Waals surface area contributed by atoms with E-state index in [1.807, 2.05) is 0 Å². The summed E-state index contributed by atoms with van der Waals surface area (Å²) in [6, 6.07) is 5.61. The molecule has 3 nitrogen and oxygen atoms in total. The van der Waals surface area contributed by atoms with Crippen LogP contribution in [-0.2, 0) is 6.61 Å². The van der Waals surface area contributed by atoms with E-state index in [4.69, 9.17) is 21.2 Å². The fourth-order valence-corrected chi connectivity index (χ4v) is 1.45. The van der Waals surface area contributed by atoms with Gasteiger partial charge in [-0.2, -0.15) is 0 Å². The first-order chi connectivity index (χ1) is 7.19. The molecule has 1 heterocycles. The summed E-state index contributed by atoms with van der Waals surface area (Å²) in [6.07, 6.45) is 0. The lowest BCUT2D eigenvalue weighted by atomic mass is 10.1. The van der Waals surface area contributed by atoms with Gasteiger partial charge >= 0.3 is 0 Å². The van der Waals surface area contributed by atoms with Crippen molar-refractivity contribution in [2.45, 2.75) is 6.61 Å². The highest BCUT2D eigenvalue weighted by Gasteiger charge is 2.07. The largest absolute Gasteiger partial charge is 0.388 e. The molecule has 1 aromatic carbocycles. The van der Waals surface area contributed by atoms with Gasteiger partial charge in [0.15, 0.2) is 5.76 Å². The van der Waals surface area contributed by atoms with Gasteiger partial charge in [0.05, 0.1) is 0 Å². The maximum atomic E-state index is 13.0. The molecule has 15 heavy (non-hydrogen) atoms. The molecule has 0 amide bonds. The Morgan fingerprint density at radius 1 is 1.33 bits per heavy atom. The van der Waals surface area contributed by atoms with E-state index >= 15 is 0 Å². The molecule has 0 aliphatic carbocycles. The van der Waals surface area contributed by atoms with Crippen molar-refractivity contribution in [3.05, 3.63) is 40.9 Å². The number of rotatable bonds is 2. The zero-order chi connectivity index (χ0) is 10.8. The molecule has 0 saturated carbocycles. The van der Waals surface area contributed by atoms with Crippen molar-refractivity contribution in [3.8, 4) is 11.3 Å². The lowest BCUT2D eigenvalue weighted by Crippen LogP contribution is -1.80. The smallest absolute Gasteiger partial charge is 0.162 e. The van der Waals surface area contributed by atoms with Gasteiger partial charge in [-0.3, -0.25) is 0 Å². The third-order valence-electron chi connectivity index (χ3n) is 1.87. The Balaban J connectivity index is 2.44. The molecule has 0 fully saturated rings. The van der Waals surface area contributed by atoms with Gasteiger partial charge in [0.1, 0.15) is 18.1 Å². The van der Waals surface area contributed by atoms with Gasteiger partial charge in [-0.15, -0.1) is 0 Å². The van der Waals surface area contributed by atoms with Gasteiger partial charge in [-0.05, 0) is 18.2 Å². The Morgan fingerprint density at radius 2 is 2.13 bits per heavy atom. The monoisotopic (exact) mass is 227 g/mol. The first-order valence-electron chi connectivity index (χ1n) is 4.22. The molecule has 0 unspecified atom stereocenters. The number of halogens is 2. The number of hydrogen-bond donors (Lipinski definition) is 1. The third kappa shape index (κ3) is 2.16. The summed E-state index contributed by atoms with van der Waals surface area (Å²) in [5.41, 5.74) is 0.962. The average molecular weight is 228 g/mol. The number of hydrogen-bond acceptors (Lipinski definition) is 3. The maximum Gasteiger partial charge on any atom is 0.162 e. The maximum absolute atomic E-state index is 13.0. The van der Waals surface area contributed by atoms with Crippen LogP contribution in [0.15, 0.2) is 28.8 Å². The quantitative estimate of drug-likeness (QED) is 0.858. The van der Waals surface area contributed by atoms with Crippen LogP contribution in [0.4, 0.5) is 4.39 Å². The minimum Gasteiger partial charge on any atom is -0.388 e. The Hall–Kier alpha value is -1.39. The van der Waals surface area contributed by atoms with Crippen LogP contribution in [0.2, 0.25) is 5.02 Å². The molecule has 0 saturated heterocycles. The number of aliphatic hydroxyl groups excluding tert-OH is 1. The van der Waals surface area contributed by atoms with E-state index in [2.05, 4.69) is 5.16 Å². The van der Waals surface area contributed by atoms with Gasteiger partial charge in [0, 0.05) is 16.7 Å². The number of nitrogens with zero attached hydrogens (tertiary/aromatic N) is 1. The second-order valence-corrected chi connectivity index (χ2v) is 3.43. The molecular formula is C10H7ClFNO2. The fraction of sp³-hybridized carbons (Fsp3) is 0.100. The second kappa shape index (κ2) is 4.00. The SMILES string of the molecule is OCc1cc(-c2cc(F)cc(Cl)c2)no1. The van der Waals surface area contributed by atoms with Crippen molar-refractivity contribution in [2.24, 2.45) is 0 Å².